The number of esters is 1. The molecule has 1 aromatic heterocycles. The van der Waals surface area contributed by atoms with Gasteiger partial charge in [0.2, 0.25) is 5.91 Å². The van der Waals surface area contributed by atoms with Crippen LogP contribution in [0, 0.1) is 0 Å². The Morgan fingerprint density at radius 3 is 2.52 bits per heavy atom. The van der Waals surface area contributed by atoms with Crippen LogP contribution in [-0.2, 0) is 33.7 Å². The number of piperazine rings is 1. The van der Waals surface area contributed by atoms with Crippen molar-refractivity contribution >= 4 is 23.7 Å². The van der Waals surface area contributed by atoms with E-state index in [4.69, 9.17) is 14.6 Å². The maximum atomic E-state index is 13.0. The molecular formula is C29H39N5O6. The second-order valence-electron chi connectivity index (χ2n) is 10.0. The van der Waals surface area contributed by atoms with E-state index >= 15 is 0 Å². The second kappa shape index (κ2) is 14.1. The number of rotatable bonds is 7. The van der Waals surface area contributed by atoms with Gasteiger partial charge in [-0.1, -0.05) is 13.0 Å². The van der Waals surface area contributed by atoms with Crippen LogP contribution >= 0.6 is 0 Å². The summed E-state index contributed by atoms with van der Waals surface area (Å²) in [5.74, 6) is -0.762. The molecule has 1 saturated heterocycles. The molecule has 0 radical (unpaired) electrons. The third-order valence-corrected chi connectivity index (χ3v) is 7.25. The van der Waals surface area contributed by atoms with E-state index in [2.05, 4.69) is 5.32 Å². The SMILES string of the molecule is CCc1nn(CCCOC(=O)c2cccc(C(=O)N3CCN(C(C)=O)CC3)c2)c2c1C(=O)NCCCOCCC2. The number of hydrogen-bond acceptors (Lipinski definition) is 7. The zero-order valence-corrected chi connectivity index (χ0v) is 23.4. The minimum Gasteiger partial charge on any atom is -0.462 e. The largest absolute Gasteiger partial charge is 0.462 e. The predicted octanol–water partition coefficient (Wildman–Crippen LogP) is 2.08. The standard InChI is InChI=1S/C29H39N5O6/c1-3-24-26-25(10-5-17-39-18-6-11-30-27(26)36)34(31-24)12-7-19-40-29(38)23-9-4-8-22(20-23)28(37)33-15-13-32(14-16-33)21(2)35/h4,8-9,20H,3,5-7,10-19H2,1-2H3,(H,30,36). The van der Waals surface area contributed by atoms with Crippen molar-refractivity contribution in [3.63, 3.8) is 0 Å². The predicted molar refractivity (Wildman–Crippen MR) is 147 cm³/mol. The Balaban J connectivity index is 1.33. The maximum absolute atomic E-state index is 13.0. The van der Waals surface area contributed by atoms with E-state index < -0.39 is 5.97 Å². The molecule has 4 rings (SSSR count). The van der Waals surface area contributed by atoms with Crippen molar-refractivity contribution in [2.24, 2.45) is 0 Å². The van der Waals surface area contributed by atoms with Crippen LogP contribution < -0.4 is 5.32 Å². The Kier molecular flexibility index (Phi) is 10.3. The van der Waals surface area contributed by atoms with E-state index in [1.807, 2.05) is 11.6 Å². The zero-order valence-electron chi connectivity index (χ0n) is 23.4. The quantitative estimate of drug-likeness (QED) is 0.411. The van der Waals surface area contributed by atoms with Crippen LogP contribution in [0.1, 0.15) is 75.6 Å². The number of benzene rings is 1. The number of nitrogens with zero attached hydrogens (tertiary/aromatic N) is 4. The van der Waals surface area contributed by atoms with E-state index in [0.717, 1.165) is 24.2 Å². The third kappa shape index (κ3) is 7.26. The van der Waals surface area contributed by atoms with Crippen LogP contribution in [0.2, 0.25) is 0 Å². The highest BCUT2D eigenvalue weighted by Gasteiger charge is 2.25. The van der Waals surface area contributed by atoms with Crippen molar-refractivity contribution in [3.8, 4) is 0 Å². The van der Waals surface area contributed by atoms with E-state index in [9.17, 15) is 19.2 Å². The lowest BCUT2D eigenvalue weighted by Gasteiger charge is -2.34. The molecule has 2 aliphatic rings. The number of fused-ring (bicyclic) bond motifs is 1. The Morgan fingerprint density at radius 2 is 1.77 bits per heavy atom. The van der Waals surface area contributed by atoms with Gasteiger partial charge in [-0.05, 0) is 43.9 Å². The Bertz CT molecular complexity index is 1220. The fraction of sp³-hybridized carbons (Fsp3) is 0.552. The van der Waals surface area contributed by atoms with Crippen LogP contribution in [0.5, 0.6) is 0 Å². The first kappa shape index (κ1) is 29.3. The average molecular weight is 554 g/mol. The van der Waals surface area contributed by atoms with Gasteiger partial charge in [-0.25, -0.2) is 4.79 Å². The molecule has 40 heavy (non-hydrogen) atoms. The smallest absolute Gasteiger partial charge is 0.338 e. The van der Waals surface area contributed by atoms with Gasteiger partial charge in [-0.3, -0.25) is 19.1 Å². The van der Waals surface area contributed by atoms with Crippen molar-refractivity contribution in [1.82, 2.24) is 24.9 Å². The Labute approximate surface area is 234 Å². The van der Waals surface area contributed by atoms with Gasteiger partial charge in [0, 0.05) is 71.4 Å². The van der Waals surface area contributed by atoms with Crippen molar-refractivity contribution < 1.29 is 28.7 Å². The van der Waals surface area contributed by atoms with Gasteiger partial charge in [0.05, 0.1) is 29.1 Å². The molecule has 0 spiro atoms. The zero-order chi connectivity index (χ0) is 28.5. The molecule has 0 unspecified atom stereocenters. The van der Waals surface area contributed by atoms with Crippen LogP contribution in [0.3, 0.4) is 0 Å². The van der Waals surface area contributed by atoms with Gasteiger partial charge < -0.3 is 24.6 Å². The number of amides is 3. The summed E-state index contributed by atoms with van der Waals surface area (Å²) in [6.45, 7) is 7.93. The average Bonchev–Trinajstić information content (AvgIpc) is 3.31. The number of nitrogens with one attached hydrogen (secondary N) is 1. The molecule has 0 bridgehead atoms. The number of carbonyl (C=O) groups excluding carboxylic acids is 4. The summed E-state index contributed by atoms with van der Waals surface area (Å²) in [6, 6.07) is 6.54. The van der Waals surface area contributed by atoms with E-state index in [0.29, 0.717) is 88.4 Å². The topological polar surface area (TPSA) is 123 Å². The molecule has 216 valence electrons. The van der Waals surface area contributed by atoms with E-state index in [1.165, 1.54) is 6.92 Å². The van der Waals surface area contributed by atoms with Gasteiger partial charge in [0.15, 0.2) is 0 Å². The monoisotopic (exact) mass is 553 g/mol. The van der Waals surface area contributed by atoms with Crippen molar-refractivity contribution in [2.75, 3.05) is 52.5 Å². The summed E-state index contributed by atoms with van der Waals surface area (Å²) in [4.78, 5) is 53.6. The molecule has 1 aromatic carbocycles. The molecule has 3 amide bonds. The van der Waals surface area contributed by atoms with Crippen LogP contribution in [0.4, 0.5) is 0 Å². The molecule has 0 aliphatic carbocycles. The van der Waals surface area contributed by atoms with Crippen LogP contribution in [-0.4, -0.2) is 95.8 Å². The summed E-state index contributed by atoms with van der Waals surface area (Å²) in [5.41, 5.74) is 3.05. The molecule has 11 nitrogen and oxygen atoms in total. The number of aryl methyl sites for hydroxylation is 2. The fourth-order valence-corrected chi connectivity index (χ4v) is 5.06. The maximum Gasteiger partial charge on any atom is 0.338 e. The summed E-state index contributed by atoms with van der Waals surface area (Å²) in [7, 11) is 0. The normalized spacial score (nSPS) is 16.5. The highest BCUT2D eigenvalue weighted by atomic mass is 16.5. The van der Waals surface area contributed by atoms with Crippen LogP contribution in [0.25, 0.3) is 0 Å². The summed E-state index contributed by atoms with van der Waals surface area (Å²) in [6.07, 6.45) is 3.43. The summed E-state index contributed by atoms with van der Waals surface area (Å²) >= 11 is 0. The lowest BCUT2D eigenvalue weighted by Crippen LogP contribution is -2.50. The fourth-order valence-electron chi connectivity index (χ4n) is 5.06. The van der Waals surface area contributed by atoms with E-state index in [1.54, 1.807) is 34.1 Å². The highest BCUT2D eigenvalue weighted by molar-refractivity contribution is 5.98. The molecule has 11 heteroatoms. The van der Waals surface area contributed by atoms with Gasteiger partial charge in [0.1, 0.15) is 0 Å². The Hall–Kier alpha value is -3.73. The minimum absolute atomic E-state index is 0.00222. The number of aromatic nitrogens is 2. The molecule has 1 N–H and O–H groups in total. The Morgan fingerprint density at radius 1 is 1.05 bits per heavy atom. The molecular weight excluding hydrogens is 514 g/mol. The first-order chi connectivity index (χ1) is 19.4. The van der Waals surface area contributed by atoms with Crippen molar-refractivity contribution in [3.05, 3.63) is 52.3 Å². The first-order valence-electron chi connectivity index (χ1n) is 14.2. The summed E-state index contributed by atoms with van der Waals surface area (Å²) in [5, 5.41) is 7.68. The molecule has 0 saturated carbocycles. The molecule has 0 atom stereocenters. The molecule has 3 heterocycles. The van der Waals surface area contributed by atoms with E-state index in [-0.39, 0.29) is 24.3 Å². The minimum atomic E-state index is -0.499. The number of hydrogen-bond donors (Lipinski definition) is 1. The second-order valence-corrected chi connectivity index (χ2v) is 10.0. The first-order valence-corrected chi connectivity index (χ1v) is 14.2. The number of carbonyl (C=O) groups is 4. The van der Waals surface area contributed by atoms with Crippen molar-refractivity contribution in [2.45, 2.75) is 52.5 Å². The van der Waals surface area contributed by atoms with Crippen molar-refractivity contribution in [1.29, 1.82) is 0 Å². The lowest BCUT2D eigenvalue weighted by molar-refractivity contribution is -0.130. The van der Waals surface area contributed by atoms with Gasteiger partial charge in [0.25, 0.3) is 11.8 Å². The van der Waals surface area contributed by atoms with Crippen LogP contribution in [0.15, 0.2) is 24.3 Å². The molecule has 2 aliphatic heterocycles. The highest BCUT2D eigenvalue weighted by Crippen LogP contribution is 2.19. The van der Waals surface area contributed by atoms with Gasteiger partial charge in [-0.2, -0.15) is 5.10 Å². The molecule has 1 fully saturated rings. The van der Waals surface area contributed by atoms with Gasteiger partial charge >= 0.3 is 5.97 Å². The lowest BCUT2D eigenvalue weighted by atomic mass is 10.1. The van der Waals surface area contributed by atoms with Gasteiger partial charge in [-0.15, -0.1) is 0 Å². The number of ether oxygens (including phenoxy) is 2. The third-order valence-electron chi connectivity index (χ3n) is 7.25. The summed E-state index contributed by atoms with van der Waals surface area (Å²) < 4.78 is 13.0. The molecule has 2 aromatic rings.